The SMILES string of the molecule is O=C(O)c1ccc(S(c2ccccc2)(c2ccccc2)c2ccc(C(=O)O)c(C(=O)O)c2)cc1C(=O)O. The van der Waals surface area contributed by atoms with Crippen LogP contribution in [0.2, 0.25) is 0 Å². The molecule has 0 saturated carbocycles. The van der Waals surface area contributed by atoms with Gasteiger partial charge in [-0.25, -0.2) is 19.2 Å². The summed E-state index contributed by atoms with van der Waals surface area (Å²) in [6, 6.07) is 26.1. The van der Waals surface area contributed by atoms with Gasteiger partial charge in [0.25, 0.3) is 0 Å². The van der Waals surface area contributed by atoms with Crippen molar-refractivity contribution in [3.05, 3.63) is 119 Å². The van der Waals surface area contributed by atoms with E-state index in [-0.39, 0.29) is 0 Å². The van der Waals surface area contributed by atoms with E-state index in [1.165, 1.54) is 36.4 Å². The van der Waals surface area contributed by atoms with Crippen LogP contribution in [0, 0.1) is 0 Å². The van der Waals surface area contributed by atoms with Gasteiger partial charge >= 0.3 is 23.9 Å². The lowest BCUT2D eigenvalue weighted by Crippen LogP contribution is -2.13. The molecule has 0 unspecified atom stereocenters. The second-order valence-electron chi connectivity index (χ2n) is 7.87. The van der Waals surface area contributed by atoms with Crippen molar-refractivity contribution in [2.75, 3.05) is 0 Å². The molecule has 0 amide bonds. The zero-order valence-corrected chi connectivity index (χ0v) is 19.9. The molecule has 4 rings (SSSR count). The van der Waals surface area contributed by atoms with Crippen molar-refractivity contribution >= 4 is 33.9 Å². The number of hydrogen-bond donors (Lipinski definition) is 4. The molecule has 0 aliphatic carbocycles. The fraction of sp³-hybridized carbons (Fsp3) is 0. The molecule has 9 heteroatoms. The lowest BCUT2D eigenvalue weighted by Gasteiger charge is -2.42. The number of carboxylic acids is 4. The van der Waals surface area contributed by atoms with Crippen LogP contribution in [-0.4, -0.2) is 44.3 Å². The molecule has 0 fully saturated rings. The number of hydrogen-bond acceptors (Lipinski definition) is 4. The normalized spacial score (nSPS) is 11.5. The molecule has 0 bridgehead atoms. The van der Waals surface area contributed by atoms with Crippen LogP contribution < -0.4 is 0 Å². The van der Waals surface area contributed by atoms with E-state index >= 15 is 0 Å². The highest BCUT2D eigenvalue weighted by atomic mass is 32.3. The van der Waals surface area contributed by atoms with E-state index in [4.69, 9.17) is 0 Å². The zero-order chi connectivity index (χ0) is 26.7. The van der Waals surface area contributed by atoms with E-state index < -0.39 is 56.2 Å². The number of carboxylic acid groups (broad SMARTS) is 4. The smallest absolute Gasteiger partial charge is 0.336 e. The quantitative estimate of drug-likeness (QED) is 0.229. The molecule has 37 heavy (non-hydrogen) atoms. The van der Waals surface area contributed by atoms with Crippen molar-refractivity contribution in [2.45, 2.75) is 19.6 Å². The first-order valence-electron chi connectivity index (χ1n) is 10.8. The van der Waals surface area contributed by atoms with Crippen LogP contribution in [0.3, 0.4) is 0 Å². The van der Waals surface area contributed by atoms with Crippen molar-refractivity contribution in [1.29, 1.82) is 0 Å². The summed E-state index contributed by atoms with van der Waals surface area (Å²) in [5.41, 5.74) is -1.63. The monoisotopic (exact) mass is 516 g/mol. The molecule has 0 spiro atoms. The minimum absolute atomic E-state index is 0.391. The number of rotatable bonds is 8. The standard InChI is InChI=1S/C28H20O8S/c29-25(30)21-13-11-19(15-23(21)27(33)34)37(17-7-3-1-4-8-17,18-9-5-2-6-10-18)20-12-14-22(26(31)32)24(16-20)28(35)36/h1-16H,(H,29,30)(H,31,32)(H,33,34)(H,35,36). The van der Waals surface area contributed by atoms with Crippen LogP contribution in [0.5, 0.6) is 0 Å². The number of benzene rings is 4. The molecule has 4 N–H and O–H groups in total. The van der Waals surface area contributed by atoms with Crippen LogP contribution in [0.4, 0.5) is 0 Å². The Morgan fingerprint density at radius 2 is 0.730 bits per heavy atom. The Kier molecular flexibility index (Phi) is 6.81. The van der Waals surface area contributed by atoms with Gasteiger partial charge in [0.15, 0.2) is 0 Å². The van der Waals surface area contributed by atoms with Crippen molar-refractivity contribution < 1.29 is 39.6 Å². The van der Waals surface area contributed by atoms with Gasteiger partial charge in [-0.1, -0.05) is 36.4 Å². The molecule has 0 aromatic heterocycles. The predicted octanol–water partition coefficient (Wildman–Crippen LogP) is 5.82. The van der Waals surface area contributed by atoms with E-state index in [0.717, 1.165) is 0 Å². The fourth-order valence-corrected chi connectivity index (χ4v) is 8.12. The summed E-state index contributed by atoms with van der Waals surface area (Å²) < 4.78 is 0. The highest BCUT2D eigenvalue weighted by Gasteiger charge is 2.36. The van der Waals surface area contributed by atoms with Gasteiger partial charge in [-0.2, -0.15) is 0 Å². The molecule has 0 radical (unpaired) electrons. The Morgan fingerprint density at radius 1 is 0.405 bits per heavy atom. The maximum Gasteiger partial charge on any atom is 0.336 e. The Morgan fingerprint density at radius 3 is 1.03 bits per heavy atom. The summed E-state index contributed by atoms with van der Waals surface area (Å²) in [4.78, 5) is 49.9. The lowest BCUT2D eigenvalue weighted by atomic mass is 10.1. The van der Waals surface area contributed by atoms with E-state index in [1.54, 1.807) is 36.4 Å². The summed E-state index contributed by atoms with van der Waals surface area (Å²) in [7, 11) is -2.62. The predicted molar refractivity (Wildman–Crippen MR) is 134 cm³/mol. The topological polar surface area (TPSA) is 149 Å². The third kappa shape index (κ3) is 4.43. The van der Waals surface area contributed by atoms with Crippen LogP contribution in [-0.2, 0) is 0 Å². The van der Waals surface area contributed by atoms with Crippen LogP contribution in [0.1, 0.15) is 41.4 Å². The van der Waals surface area contributed by atoms with Gasteiger partial charge in [0, 0.05) is 19.6 Å². The second-order valence-corrected chi connectivity index (χ2v) is 11.0. The zero-order valence-electron chi connectivity index (χ0n) is 19.1. The van der Waals surface area contributed by atoms with Crippen molar-refractivity contribution in [3.63, 3.8) is 0 Å². The van der Waals surface area contributed by atoms with Crippen molar-refractivity contribution in [3.8, 4) is 0 Å². The van der Waals surface area contributed by atoms with Gasteiger partial charge < -0.3 is 20.4 Å². The Balaban J connectivity index is 2.21. The van der Waals surface area contributed by atoms with E-state index in [0.29, 0.717) is 19.6 Å². The summed E-state index contributed by atoms with van der Waals surface area (Å²) in [5.74, 6) is -5.66. The molecule has 186 valence electrons. The largest absolute Gasteiger partial charge is 0.478 e. The first-order chi connectivity index (χ1) is 17.7. The summed E-state index contributed by atoms with van der Waals surface area (Å²) in [6.07, 6.45) is 0. The summed E-state index contributed by atoms with van der Waals surface area (Å²) in [5, 5.41) is 38.8. The Bertz CT molecular complexity index is 1410. The van der Waals surface area contributed by atoms with Gasteiger partial charge in [0.2, 0.25) is 0 Å². The summed E-state index contributed by atoms with van der Waals surface area (Å²) in [6.45, 7) is 0. The Hall–Kier alpha value is -4.89. The molecule has 0 saturated heterocycles. The highest BCUT2D eigenvalue weighted by molar-refractivity contribution is 8.34. The molecule has 8 nitrogen and oxygen atoms in total. The van der Waals surface area contributed by atoms with Crippen molar-refractivity contribution in [2.24, 2.45) is 0 Å². The molecule has 0 aliphatic heterocycles. The highest BCUT2D eigenvalue weighted by Crippen LogP contribution is 2.73. The minimum atomic E-state index is -2.62. The number of aromatic carboxylic acids is 4. The second kappa shape index (κ2) is 10.00. The number of carbonyl (C=O) groups is 4. The Labute approximate surface area is 212 Å². The lowest BCUT2D eigenvalue weighted by molar-refractivity contribution is 0.0651. The molecular weight excluding hydrogens is 496 g/mol. The molecular formula is C28H20O8S. The molecule has 0 atom stereocenters. The van der Waals surface area contributed by atoms with Crippen LogP contribution in [0.25, 0.3) is 0 Å². The fourth-order valence-electron chi connectivity index (χ4n) is 4.22. The first kappa shape index (κ1) is 25.2. The summed E-state index contributed by atoms with van der Waals surface area (Å²) >= 11 is 0. The van der Waals surface area contributed by atoms with Crippen molar-refractivity contribution in [1.82, 2.24) is 0 Å². The van der Waals surface area contributed by atoms with E-state index in [2.05, 4.69) is 0 Å². The molecule has 4 aromatic carbocycles. The average molecular weight is 517 g/mol. The third-order valence-electron chi connectivity index (χ3n) is 5.80. The van der Waals surface area contributed by atoms with Gasteiger partial charge in [-0.15, -0.1) is 10.0 Å². The average Bonchev–Trinajstić information content (AvgIpc) is 2.90. The third-order valence-corrected chi connectivity index (χ3v) is 9.68. The van der Waals surface area contributed by atoms with Crippen LogP contribution >= 0.6 is 10.0 Å². The van der Waals surface area contributed by atoms with Gasteiger partial charge in [0.1, 0.15) is 0 Å². The molecule has 0 aliphatic rings. The maximum atomic E-state index is 12.1. The maximum absolute atomic E-state index is 12.1. The van der Waals surface area contributed by atoms with E-state index in [9.17, 15) is 39.6 Å². The van der Waals surface area contributed by atoms with Crippen LogP contribution in [0.15, 0.2) is 117 Å². The molecule has 0 heterocycles. The minimum Gasteiger partial charge on any atom is -0.478 e. The first-order valence-corrected chi connectivity index (χ1v) is 12.5. The van der Waals surface area contributed by atoms with Gasteiger partial charge in [-0.05, 0) is 60.7 Å². The molecule has 4 aromatic rings. The van der Waals surface area contributed by atoms with Gasteiger partial charge in [-0.3, -0.25) is 0 Å². The van der Waals surface area contributed by atoms with Gasteiger partial charge in [0.05, 0.1) is 22.3 Å². The van der Waals surface area contributed by atoms with E-state index in [1.807, 2.05) is 24.3 Å².